The number of hydrogen-bond donors (Lipinski definition) is 1. The Hall–Kier alpha value is -3.02. The molecule has 30 heavy (non-hydrogen) atoms. The van der Waals surface area contributed by atoms with Gasteiger partial charge in [-0.05, 0) is 49.9 Å². The van der Waals surface area contributed by atoms with Gasteiger partial charge in [0.2, 0.25) is 11.8 Å². The van der Waals surface area contributed by atoms with Crippen molar-refractivity contribution in [3.8, 4) is 11.5 Å². The summed E-state index contributed by atoms with van der Waals surface area (Å²) in [5.74, 6) is 1.23. The van der Waals surface area contributed by atoms with Crippen LogP contribution >= 0.6 is 0 Å². The van der Waals surface area contributed by atoms with Gasteiger partial charge in [-0.25, -0.2) is 0 Å². The van der Waals surface area contributed by atoms with Crippen molar-refractivity contribution in [3.05, 3.63) is 59.2 Å². The molecule has 0 bridgehead atoms. The van der Waals surface area contributed by atoms with Gasteiger partial charge in [-0.1, -0.05) is 35.9 Å². The minimum Gasteiger partial charge on any atom is -0.493 e. The number of methoxy groups -OCH3 is 2. The molecule has 1 aliphatic heterocycles. The maximum atomic E-state index is 13.0. The van der Waals surface area contributed by atoms with Gasteiger partial charge in [0.1, 0.15) is 5.54 Å². The van der Waals surface area contributed by atoms with Crippen LogP contribution in [0.5, 0.6) is 11.5 Å². The van der Waals surface area contributed by atoms with Crippen LogP contribution in [-0.4, -0.2) is 43.0 Å². The summed E-state index contributed by atoms with van der Waals surface area (Å²) in [6, 6.07) is 13.8. The maximum Gasteiger partial charge on any atom is 0.245 e. The predicted molar refractivity (Wildman–Crippen MR) is 116 cm³/mol. The number of carbonyl (C=O) groups is 2. The number of carbonyl (C=O) groups excluding carboxylic acids is 2. The standard InChI is InChI=1S/C24H30N2O4/c1-17-5-7-19(8-6-17)16-25-23(28)24(2)13-11-22(27)26(24)14-12-18-9-10-20(29-3)21(15-18)30-4/h5-10,15H,11-14,16H2,1-4H3,(H,25,28)/t24-/m1/s1. The summed E-state index contributed by atoms with van der Waals surface area (Å²) in [5.41, 5.74) is 2.41. The first-order valence-electron chi connectivity index (χ1n) is 10.2. The van der Waals surface area contributed by atoms with E-state index in [1.165, 1.54) is 5.56 Å². The second-order valence-corrected chi connectivity index (χ2v) is 7.93. The molecule has 0 saturated carbocycles. The zero-order chi connectivity index (χ0) is 21.7. The van der Waals surface area contributed by atoms with Gasteiger partial charge in [0.15, 0.2) is 11.5 Å². The second-order valence-electron chi connectivity index (χ2n) is 7.93. The quantitative estimate of drug-likeness (QED) is 0.725. The van der Waals surface area contributed by atoms with E-state index in [0.29, 0.717) is 43.9 Å². The number of benzene rings is 2. The average molecular weight is 411 g/mol. The van der Waals surface area contributed by atoms with Gasteiger partial charge in [0.25, 0.3) is 0 Å². The monoisotopic (exact) mass is 410 g/mol. The van der Waals surface area contributed by atoms with Crippen molar-refractivity contribution < 1.29 is 19.1 Å². The summed E-state index contributed by atoms with van der Waals surface area (Å²) in [4.78, 5) is 27.3. The fourth-order valence-electron chi connectivity index (χ4n) is 3.86. The van der Waals surface area contributed by atoms with Crippen LogP contribution in [0, 0.1) is 6.92 Å². The summed E-state index contributed by atoms with van der Waals surface area (Å²) in [6.07, 6.45) is 1.55. The molecule has 0 spiro atoms. The number of ether oxygens (including phenoxy) is 2. The molecule has 1 atom stereocenters. The fraction of sp³-hybridized carbons (Fsp3) is 0.417. The van der Waals surface area contributed by atoms with Gasteiger partial charge in [-0.2, -0.15) is 0 Å². The Bertz CT molecular complexity index is 910. The molecule has 3 rings (SSSR count). The van der Waals surface area contributed by atoms with E-state index in [1.807, 2.05) is 56.3 Å². The van der Waals surface area contributed by atoms with Gasteiger partial charge in [-0.3, -0.25) is 9.59 Å². The van der Waals surface area contributed by atoms with E-state index in [2.05, 4.69) is 5.32 Å². The van der Waals surface area contributed by atoms with Crippen LogP contribution in [-0.2, 0) is 22.6 Å². The topological polar surface area (TPSA) is 67.9 Å². The number of rotatable bonds is 8. The Labute approximate surface area is 178 Å². The van der Waals surface area contributed by atoms with Crippen molar-refractivity contribution in [2.24, 2.45) is 0 Å². The van der Waals surface area contributed by atoms with Crippen molar-refractivity contribution in [1.29, 1.82) is 0 Å². The smallest absolute Gasteiger partial charge is 0.245 e. The molecule has 2 aromatic rings. The molecule has 0 aromatic heterocycles. The summed E-state index contributed by atoms with van der Waals surface area (Å²) >= 11 is 0. The number of hydrogen-bond acceptors (Lipinski definition) is 4. The SMILES string of the molecule is COc1ccc(CCN2C(=O)CC[C@]2(C)C(=O)NCc2ccc(C)cc2)cc1OC. The number of nitrogens with one attached hydrogen (secondary N) is 1. The largest absolute Gasteiger partial charge is 0.493 e. The van der Waals surface area contributed by atoms with Crippen LogP contribution < -0.4 is 14.8 Å². The average Bonchev–Trinajstić information content (AvgIpc) is 3.06. The molecular formula is C24H30N2O4. The molecular weight excluding hydrogens is 380 g/mol. The third-order valence-corrected chi connectivity index (χ3v) is 5.86. The number of nitrogens with zero attached hydrogens (tertiary/aromatic N) is 1. The van der Waals surface area contributed by atoms with E-state index in [4.69, 9.17) is 9.47 Å². The second kappa shape index (κ2) is 9.20. The van der Waals surface area contributed by atoms with Gasteiger partial charge in [0.05, 0.1) is 14.2 Å². The highest BCUT2D eigenvalue weighted by Gasteiger charge is 2.46. The molecule has 0 aliphatic carbocycles. The number of amides is 2. The molecule has 1 N–H and O–H groups in total. The van der Waals surface area contributed by atoms with Crippen LogP contribution in [0.2, 0.25) is 0 Å². The Balaban J connectivity index is 1.66. The lowest BCUT2D eigenvalue weighted by Gasteiger charge is -2.34. The lowest BCUT2D eigenvalue weighted by atomic mass is 9.97. The first kappa shape index (κ1) is 21.7. The van der Waals surface area contributed by atoms with E-state index in [9.17, 15) is 9.59 Å². The summed E-state index contributed by atoms with van der Waals surface area (Å²) in [5, 5.41) is 3.01. The molecule has 1 saturated heterocycles. The number of aryl methyl sites for hydroxylation is 1. The number of likely N-dealkylation sites (tertiary alicyclic amines) is 1. The van der Waals surface area contributed by atoms with Gasteiger partial charge < -0.3 is 19.7 Å². The van der Waals surface area contributed by atoms with Gasteiger partial charge in [0, 0.05) is 19.5 Å². The predicted octanol–water partition coefficient (Wildman–Crippen LogP) is 3.25. The Morgan fingerprint density at radius 2 is 1.73 bits per heavy atom. The minimum atomic E-state index is -0.835. The molecule has 0 unspecified atom stereocenters. The zero-order valence-electron chi connectivity index (χ0n) is 18.2. The summed E-state index contributed by atoms with van der Waals surface area (Å²) in [7, 11) is 3.20. The highest BCUT2D eigenvalue weighted by molar-refractivity contribution is 5.94. The zero-order valence-corrected chi connectivity index (χ0v) is 18.2. The Morgan fingerprint density at radius 1 is 1.07 bits per heavy atom. The van der Waals surface area contributed by atoms with E-state index in [-0.39, 0.29) is 11.8 Å². The lowest BCUT2D eigenvalue weighted by molar-refractivity contribution is -0.140. The van der Waals surface area contributed by atoms with Crippen molar-refractivity contribution in [3.63, 3.8) is 0 Å². The lowest BCUT2D eigenvalue weighted by Crippen LogP contribution is -2.54. The Kier molecular flexibility index (Phi) is 6.65. The normalized spacial score (nSPS) is 18.4. The van der Waals surface area contributed by atoms with Gasteiger partial charge >= 0.3 is 0 Å². The van der Waals surface area contributed by atoms with E-state index >= 15 is 0 Å². The van der Waals surface area contributed by atoms with E-state index in [0.717, 1.165) is 11.1 Å². The molecule has 1 heterocycles. The minimum absolute atomic E-state index is 0.0171. The fourth-order valence-corrected chi connectivity index (χ4v) is 3.86. The molecule has 0 radical (unpaired) electrons. The first-order chi connectivity index (χ1) is 14.4. The molecule has 160 valence electrons. The molecule has 2 amide bonds. The van der Waals surface area contributed by atoms with Crippen LogP contribution in [0.3, 0.4) is 0 Å². The molecule has 2 aromatic carbocycles. The van der Waals surface area contributed by atoms with Crippen molar-refractivity contribution in [2.75, 3.05) is 20.8 Å². The Morgan fingerprint density at radius 3 is 2.40 bits per heavy atom. The van der Waals surface area contributed by atoms with Crippen LogP contribution in [0.1, 0.15) is 36.5 Å². The van der Waals surface area contributed by atoms with E-state index < -0.39 is 5.54 Å². The first-order valence-corrected chi connectivity index (χ1v) is 10.2. The van der Waals surface area contributed by atoms with Crippen LogP contribution in [0.4, 0.5) is 0 Å². The summed E-state index contributed by atoms with van der Waals surface area (Å²) < 4.78 is 10.6. The van der Waals surface area contributed by atoms with E-state index in [1.54, 1.807) is 19.1 Å². The summed E-state index contributed by atoms with van der Waals surface area (Å²) in [6.45, 7) is 4.82. The van der Waals surface area contributed by atoms with Crippen LogP contribution in [0.25, 0.3) is 0 Å². The molecule has 1 aliphatic rings. The third kappa shape index (κ3) is 4.58. The molecule has 6 nitrogen and oxygen atoms in total. The van der Waals surface area contributed by atoms with Crippen LogP contribution in [0.15, 0.2) is 42.5 Å². The third-order valence-electron chi connectivity index (χ3n) is 5.86. The molecule has 1 fully saturated rings. The maximum absolute atomic E-state index is 13.0. The highest BCUT2D eigenvalue weighted by Crippen LogP contribution is 2.32. The van der Waals surface area contributed by atoms with Crippen molar-refractivity contribution >= 4 is 11.8 Å². The molecule has 6 heteroatoms. The van der Waals surface area contributed by atoms with Crippen molar-refractivity contribution in [1.82, 2.24) is 10.2 Å². The van der Waals surface area contributed by atoms with Crippen molar-refractivity contribution in [2.45, 2.75) is 45.2 Å². The highest BCUT2D eigenvalue weighted by atomic mass is 16.5. The van der Waals surface area contributed by atoms with Gasteiger partial charge in [-0.15, -0.1) is 0 Å².